The van der Waals surface area contributed by atoms with Crippen LogP contribution in [0.15, 0.2) is 15.4 Å². The molecule has 0 unspecified atom stereocenters. The van der Waals surface area contributed by atoms with E-state index < -0.39 is 10.0 Å². The van der Waals surface area contributed by atoms with Crippen molar-refractivity contribution in [3.8, 4) is 0 Å². The Morgan fingerprint density at radius 3 is 3.00 bits per heavy atom. The van der Waals surface area contributed by atoms with Crippen LogP contribution < -0.4 is 4.90 Å². The number of anilines is 1. The highest BCUT2D eigenvalue weighted by atomic mass is 35.5. The van der Waals surface area contributed by atoms with Crippen LogP contribution in [-0.2, 0) is 10.0 Å². The van der Waals surface area contributed by atoms with Crippen molar-refractivity contribution < 1.29 is 8.42 Å². The predicted octanol–water partition coefficient (Wildman–Crippen LogP) is 1.96. The average molecular weight is 251 g/mol. The third-order valence-corrected chi connectivity index (χ3v) is 4.52. The normalized spacial score (nSPS) is 18.3. The molecule has 0 spiro atoms. The lowest BCUT2D eigenvalue weighted by Gasteiger charge is -2.19. The molecule has 0 radical (unpaired) electrons. The van der Waals surface area contributed by atoms with Gasteiger partial charge in [0.05, 0.1) is 4.34 Å². The quantitative estimate of drug-likeness (QED) is 0.766. The van der Waals surface area contributed by atoms with Crippen molar-refractivity contribution in [3.63, 3.8) is 0 Å². The molecule has 76 valence electrons. The number of hydrogen-bond acceptors (Lipinski definition) is 4. The third-order valence-electron chi connectivity index (χ3n) is 1.85. The van der Waals surface area contributed by atoms with Crippen molar-refractivity contribution in [2.24, 2.45) is 4.40 Å². The number of nitrogens with zero attached hydrogens (tertiary/aromatic N) is 2. The summed E-state index contributed by atoms with van der Waals surface area (Å²) >= 11 is 7.02. The molecule has 2 rings (SSSR count). The van der Waals surface area contributed by atoms with Crippen LogP contribution in [0, 0.1) is 0 Å². The Morgan fingerprint density at radius 2 is 2.36 bits per heavy atom. The second-order valence-corrected chi connectivity index (χ2v) is 5.96. The maximum atomic E-state index is 11.5. The first kappa shape index (κ1) is 9.95. The summed E-state index contributed by atoms with van der Waals surface area (Å²) in [6, 6.07) is 1.44. The number of thiophene rings is 1. The van der Waals surface area contributed by atoms with Crippen LogP contribution in [-0.4, -0.2) is 21.3 Å². The Morgan fingerprint density at radius 1 is 1.64 bits per heavy atom. The molecule has 0 N–H and O–H groups in total. The van der Waals surface area contributed by atoms with Gasteiger partial charge < -0.3 is 4.90 Å². The number of rotatable bonds is 1. The molecule has 7 heteroatoms. The summed E-state index contributed by atoms with van der Waals surface area (Å²) in [6.07, 6.45) is 1.32. The van der Waals surface area contributed by atoms with Gasteiger partial charge in [-0.3, -0.25) is 0 Å². The van der Waals surface area contributed by atoms with Crippen LogP contribution in [0.25, 0.3) is 0 Å². The SMILES string of the molecule is CCN1C=NS(=O)(=O)c2cc(Cl)sc21. The lowest BCUT2D eigenvalue weighted by molar-refractivity contribution is 0.597. The number of hydrogen-bond donors (Lipinski definition) is 0. The first-order valence-electron chi connectivity index (χ1n) is 3.91. The zero-order valence-corrected chi connectivity index (χ0v) is 9.66. The molecule has 0 bridgehead atoms. The van der Waals surface area contributed by atoms with E-state index in [1.54, 1.807) is 4.90 Å². The summed E-state index contributed by atoms with van der Waals surface area (Å²) in [6.45, 7) is 2.59. The second kappa shape index (κ2) is 3.22. The number of sulfonamides is 1. The fourth-order valence-electron chi connectivity index (χ4n) is 1.18. The minimum absolute atomic E-state index is 0.205. The van der Waals surface area contributed by atoms with Gasteiger partial charge in [0.25, 0.3) is 10.0 Å². The lowest BCUT2D eigenvalue weighted by atomic mass is 10.5. The maximum Gasteiger partial charge on any atom is 0.286 e. The summed E-state index contributed by atoms with van der Waals surface area (Å²) in [4.78, 5) is 1.96. The summed E-state index contributed by atoms with van der Waals surface area (Å²) in [5.74, 6) is 0. The fourth-order valence-corrected chi connectivity index (χ4v) is 3.85. The molecule has 14 heavy (non-hydrogen) atoms. The summed E-state index contributed by atoms with van der Waals surface area (Å²) in [7, 11) is -3.51. The zero-order valence-electron chi connectivity index (χ0n) is 7.27. The highest BCUT2D eigenvalue weighted by molar-refractivity contribution is 7.90. The molecule has 1 aliphatic rings. The molecule has 2 heterocycles. The molecule has 0 saturated heterocycles. The molecule has 0 saturated carbocycles. The topological polar surface area (TPSA) is 49.7 Å². The van der Waals surface area contributed by atoms with Gasteiger partial charge in [-0.15, -0.1) is 15.7 Å². The highest BCUT2D eigenvalue weighted by Crippen LogP contribution is 2.39. The minimum atomic E-state index is -3.51. The maximum absolute atomic E-state index is 11.5. The van der Waals surface area contributed by atoms with E-state index in [1.807, 2.05) is 6.92 Å². The molecule has 0 fully saturated rings. The van der Waals surface area contributed by atoms with Crippen molar-refractivity contribution >= 4 is 44.3 Å². The van der Waals surface area contributed by atoms with Crippen molar-refractivity contribution in [2.75, 3.05) is 11.4 Å². The van der Waals surface area contributed by atoms with E-state index in [1.165, 1.54) is 23.7 Å². The van der Waals surface area contributed by atoms with Gasteiger partial charge in [0, 0.05) is 6.54 Å². The summed E-state index contributed by atoms with van der Waals surface area (Å²) < 4.78 is 26.9. The molecule has 1 aromatic rings. The average Bonchev–Trinajstić information content (AvgIpc) is 2.48. The molecule has 0 atom stereocenters. The lowest BCUT2D eigenvalue weighted by Crippen LogP contribution is -2.25. The highest BCUT2D eigenvalue weighted by Gasteiger charge is 2.27. The van der Waals surface area contributed by atoms with Crippen LogP contribution in [0.3, 0.4) is 0 Å². The van der Waals surface area contributed by atoms with Gasteiger partial charge in [0.2, 0.25) is 0 Å². The van der Waals surface area contributed by atoms with Gasteiger partial charge in [-0.25, -0.2) is 0 Å². The first-order chi connectivity index (χ1) is 6.54. The number of halogens is 1. The third kappa shape index (κ3) is 1.43. The summed E-state index contributed by atoms with van der Waals surface area (Å²) in [5, 5.41) is 0.646. The van der Waals surface area contributed by atoms with Gasteiger partial charge in [0.1, 0.15) is 16.2 Å². The standard InChI is InChI=1S/C7H7ClN2O2S2/c1-2-10-4-9-14(11,12)5-3-6(8)13-7(5)10/h3-4H,2H2,1H3. The van der Waals surface area contributed by atoms with Gasteiger partial charge in [0.15, 0.2) is 0 Å². The minimum Gasteiger partial charge on any atom is -0.323 e. The first-order valence-corrected chi connectivity index (χ1v) is 6.54. The van der Waals surface area contributed by atoms with Gasteiger partial charge in [-0.2, -0.15) is 8.42 Å². The van der Waals surface area contributed by atoms with Crippen LogP contribution in [0.5, 0.6) is 0 Å². The molecular formula is C7H7ClN2O2S2. The van der Waals surface area contributed by atoms with Crippen molar-refractivity contribution in [3.05, 3.63) is 10.4 Å². The molecular weight excluding hydrogens is 244 g/mol. The largest absolute Gasteiger partial charge is 0.323 e. The molecule has 1 aliphatic heterocycles. The Labute approximate surface area is 90.9 Å². The monoisotopic (exact) mass is 250 g/mol. The van der Waals surface area contributed by atoms with E-state index >= 15 is 0 Å². The van der Waals surface area contributed by atoms with E-state index in [0.29, 0.717) is 15.9 Å². The zero-order chi connectivity index (χ0) is 10.3. The van der Waals surface area contributed by atoms with Crippen LogP contribution >= 0.6 is 22.9 Å². The molecule has 0 aromatic carbocycles. The molecule has 0 amide bonds. The van der Waals surface area contributed by atoms with E-state index in [-0.39, 0.29) is 4.90 Å². The van der Waals surface area contributed by atoms with Crippen LogP contribution in [0.4, 0.5) is 5.00 Å². The van der Waals surface area contributed by atoms with Crippen molar-refractivity contribution in [1.82, 2.24) is 0 Å². The smallest absolute Gasteiger partial charge is 0.286 e. The molecule has 0 aliphatic carbocycles. The van der Waals surface area contributed by atoms with E-state index in [0.717, 1.165) is 0 Å². The van der Waals surface area contributed by atoms with Gasteiger partial charge in [-0.05, 0) is 13.0 Å². The van der Waals surface area contributed by atoms with Gasteiger partial charge in [-0.1, -0.05) is 11.6 Å². The fraction of sp³-hybridized carbons (Fsp3) is 0.286. The number of fused-ring (bicyclic) bond motifs is 1. The molecule has 4 nitrogen and oxygen atoms in total. The Balaban J connectivity index is 2.66. The second-order valence-electron chi connectivity index (χ2n) is 2.70. The van der Waals surface area contributed by atoms with Crippen LogP contribution in [0.1, 0.15) is 6.92 Å². The summed E-state index contributed by atoms with van der Waals surface area (Å²) in [5.41, 5.74) is 0. The van der Waals surface area contributed by atoms with Gasteiger partial charge >= 0.3 is 0 Å². The Hall–Kier alpha value is -0.590. The van der Waals surface area contributed by atoms with Crippen molar-refractivity contribution in [2.45, 2.75) is 11.8 Å². The van der Waals surface area contributed by atoms with E-state index in [2.05, 4.69) is 4.40 Å². The van der Waals surface area contributed by atoms with E-state index in [4.69, 9.17) is 11.6 Å². The van der Waals surface area contributed by atoms with E-state index in [9.17, 15) is 8.42 Å². The molecule has 1 aromatic heterocycles. The van der Waals surface area contributed by atoms with Crippen LogP contribution in [0.2, 0.25) is 4.34 Å². The Kier molecular flexibility index (Phi) is 2.29. The Bertz CT molecular complexity index is 492. The van der Waals surface area contributed by atoms with Crippen molar-refractivity contribution in [1.29, 1.82) is 0 Å². The predicted molar refractivity (Wildman–Crippen MR) is 58.0 cm³/mol.